The van der Waals surface area contributed by atoms with Crippen molar-refractivity contribution >= 4 is 46.2 Å². The molecule has 0 saturated carbocycles. The van der Waals surface area contributed by atoms with Gasteiger partial charge in [0.05, 0.1) is 26.4 Å². The van der Waals surface area contributed by atoms with Crippen LogP contribution in [-0.4, -0.2) is 46.2 Å². The average Bonchev–Trinajstić information content (AvgIpc) is 2.40. The van der Waals surface area contributed by atoms with Gasteiger partial charge in [-0.15, -0.1) is 0 Å². The first-order valence-corrected chi connectivity index (χ1v) is 18.0. The van der Waals surface area contributed by atoms with Crippen LogP contribution in [0.25, 0.3) is 0 Å². The molecule has 0 bridgehead atoms. The van der Waals surface area contributed by atoms with E-state index in [9.17, 15) is 0 Å². The Balaban J connectivity index is -0.000000174. The Bertz CT molecular complexity index is 344. The fourth-order valence-corrected chi connectivity index (χ4v) is 10.1. The topological polar surface area (TPSA) is 0 Å². The van der Waals surface area contributed by atoms with E-state index in [0.717, 1.165) is 0 Å². The first-order valence-electron chi connectivity index (χ1n) is 12.0. The molecule has 0 atom stereocenters. The molecule has 0 N–H and O–H groups in total. The number of hydrogen-bond donors (Lipinski definition) is 0. The second-order valence-corrected chi connectivity index (χ2v) is 28.1. The Labute approximate surface area is 219 Å². The van der Waals surface area contributed by atoms with Crippen molar-refractivity contribution in [2.45, 2.75) is 174 Å². The van der Waals surface area contributed by atoms with Crippen molar-refractivity contribution < 1.29 is 0 Å². The van der Waals surface area contributed by atoms with E-state index in [1.54, 1.807) is 0 Å². The number of hydrogen-bond acceptors (Lipinski definition) is 0. The quantitative estimate of drug-likeness (QED) is 0.268. The van der Waals surface area contributed by atoms with Crippen LogP contribution < -0.4 is 0 Å². The van der Waals surface area contributed by atoms with E-state index in [2.05, 4.69) is 144 Å². The summed E-state index contributed by atoms with van der Waals surface area (Å²) in [5, 5.41) is 3.27. The van der Waals surface area contributed by atoms with E-state index >= 15 is 0 Å². The van der Waals surface area contributed by atoms with Crippen LogP contribution in [0.4, 0.5) is 0 Å². The van der Waals surface area contributed by atoms with Gasteiger partial charge >= 0.3 is 0 Å². The van der Waals surface area contributed by atoms with E-state index in [4.69, 9.17) is 0 Å². The summed E-state index contributed by atoms with van der Waals surface area (Å²) in [6.45, 7) is 49.7. The molecular weight excluding hydrogens is 478 g/mol. The molecule has 0 aliphatic heterocycles. The van der Waals surface area contributed by atoms with Gasteiger partial charge in [-0.3, -0.25) is 0 Å². The van der Waals surface area contributed by atoms with Crippen molar-refractivity contribution in [1.29, 1.82) is 0 Å². The Kier molecular flexibility index (Phi) is 17.1. The summed E-state index contributed by atoms with van der Waals surface area (Å²) < 4.78 is 0. The third-order valence-electron chi connectivity index (χ3n) is 6.75. The molecule has 0 unspecified atom stereocenters. The van der Waals surface area contributed by atoms with Crippen molar-refractivity contribution in [2.24, 2.45) is 0 Å². The van der Waals surface area contributed by atoms with Crippen LogP contribution in [0.2, 0.25) is 49.9 Å². The Morgan fingerprint density at radius 3 is 0.323 bits per heavy atom. The van der Waals surface area contributed by atoms with Gasteiger partial charge < -0.3 is 0 Å². The first-order chi connectivity index (χ1) is 12.5. The second-order valence-electron chi connectivity index (χ2n) is 15.4. The minimum Gasteiger partial charge on any atom is -0.0703 e. The molecule has 0 aliphatic rings. The molecule has 0 amide bonds. The second kappa shape index (κ2) is 13.4. The van der Waals surface area contributed by atoms with Crippen molar-refractivity contribution in [3.63, 3.8) is 0 Å². The summed E-state index contributed by atoms with van der Waals surface area (Å²) in [6.07, 6.45) is 0. The van der Waals surface area contributed by atoms with Crippen molar-refractivity contribution in [3.05, 3.63) is 0 Å². The van der Waals surface area contributed by atoms with E-state index in [-0.39, 0.29) is 46.2 Å². The monoisotopic (exact) mass is 540 g/mol. The molecule has 0 nitrogen and oxygen atoms in total. The van der Waals surface area contributed by atoms with Crippen LogP contribution in [0.3, 0.4) is 0 Å². The van der Waals surface area contributed by atoms with Crippen molar-refractivity contribution in [3.8, 4) is 0 Å². The molecule has 0 aliphatic carbocycles. The fourth-order valence-electron chi connectivity index (χ4n) is 3.38. The number of rotatable bonds is 0. The van der Waals surface area contributed by atoms with Gasteiger partial charge in [-0.25, -0.2) is 0 Å². The zero-order valence-electron chi connectivity index (χ0n) is 26.1. The van der Waals surface area contributed by atoms with E-state index in [1.165, 1.54) is 0 Å². The summed E-state index contributed by atoms with van der Waals surface area (Å²) in [5.74, 6) is 0. The molecule has 0 aromatic rings. The minimum atomic E-state index is -0.221. The van der Waals surface area contributed by atoms with Gasteiger partial charge in [0, 0.05) is 19.8 Å². The van der Waals surface area contributed by atoms with Crippen molar-refractivity contribution in [1.82, 2.24) is 0 Å². The molecule has 0 saturated heterocycles. The molecular formula is C27H63GaSi3. The van der Waals surface area contributed by atoms with Gasteiger partial charge in [0.1, 0.15) is 0 Å². The smallest absolute Gasteiger partial charge is 0.0561 e. The maximum atomic E-state index is 2.44. The molecule has 0 rings (SSSR count). The Morgan fingerprint density at radius 2 is 0.323 bits per heavy atom. The molecule has 4 heteroatoms. The molecule has 0 aromatic carbocycles. The molecule has 0 heterocycles. The maximum Gasteiger partial charge on any atom is 0.0561 e. The van der Waals surface area contributed by atoms with Crippen molar-refractivity contribution in [2.75, 3.05) is 0 Å². The zero-order valence-corrected chi connectivity index (χ0v) is 31.5. The Morgan fingerprint density at radius 1 is 0.258 bits per heavy atom. The molecule has 186 valence electrons. The minimum absolute atomic E-state index is 0. The van der Waals surface area contributed by atoms with E-state index in [1.807, 2.05) is 0 Å². The summed E-state index contributed by atoms with van der Waals surface area (Å²) >= 11 is 0. The first kappa shape index (κ1) is 39.5. The molecule has 6 radical (unpaired) electrons. The van der Waals surface area contributed by atoms with E-state index in [0.29, 0.717) is 30.2 Å². The average molecular weight is 542 g/mol. The van der Waals surface area contributed by atoms with Crippen LogP contribution >= 0.6 is 0 Å². The molecule has 31 heavy (non-hydrogen) atoms. The molecule has 0 aromatic heterocycles. The van der Waals surface area contributed by atoms with Gasteiger partial charge in [0.15, 0.2) is 0 Å². The van der Waals surface area contributed by atoms with Gasteiger partial charge in [-0.05, 0) is 30.2 Å². The summed E-state index contributed by atoms with van der Waals surface area (Å²) in [4.78, 5) is 0. The summed E-state index contributed by atoms with van der Waals surface area (Å²) in [7, 11) is -0.662. The van der Waals surface area contributed by atoms with Crippen LogP contribution in [0.1, 0.15) is 125 Å². The van der Waals surface area contributed by atoms with Gasteiger partial charge in [-0.1, -0.05) is 144 Å². The van der Waals surface area contributed by atoms with Gasteiger partial charge in [-0.2, -0.15) is 0 Å². The predicted molar refractivity (Wildman–Crippen MR) is 159 cm³/mol. The SMILES string of the molecule is C[Si](C(C)(C)C)C(C)(C)C.C[Si](C(C)(C)C)C(C)(C)C.C[Si](C(C)(C)C)C(C)(C)C.[Ga]. The molecule has 0 spiro atoms. The van der Waals surface area contributed by atoms with Crippen LogP contribution in [0.15, 0.2) is 0 Å². The third kappa shape index (κ3) is 19.3. The van der Waals surface area contributed by atoms with Gasteiger partial charge in [0.25, 0.3) is 0 Å². The zero-order chi connectivity index (χ0) is 25.7. The Hall–Kier alpha value is 1.29. The standard InChI is InChI=1S/3C9H21Si.Ga/c3*1-8(2,3)10(7)9(4,5)6;/h3*1-7H3;. The maximum absolute atomic E-state index is 2.44. The van der Waals surface area contributed by atoms with Crippen LogP contribution in [-0.2, 0) is 0 Å². The largest absolute Gasteiger partial charge is 0.0703 e. The molecule has 0 fully saturated rings. The fraction of sp³-hybridized carbons (Fsp3) is 1.00. The summed E-state index contributed by atoms with van der Waals surface area (Å²) in [5.41, 5.74) is 0. The summed E-state index contributed by atoms with van der Waals surface area (Å²) in [6, 6.07) is 0. The van der Waals surface area contributed by atoms with Crippen LogP contribution in [0, 0.1) is 0 Å². The third-order valence-corrected chi connectivity index (χ3v) is 20.2. The van der Waals surface area contributed by atoms with E-state index < -0.39 is 0 Å². The van der Waals surface area contributed by atoms with Crippen LogP contribution in [0.5, 0.6) is 0 Å². The normalized spacial score (nSPS) is 13.9. The van der Waals surface area contributed by atoms with Gasteiger partial charge in [0.2, 0.25) is 0 Å². The predicted octanol–water partition coefficient (Wildman–Crippen LogP) is 10.8.